The number of nitrogens with zero attached hydrogens (tertiary/aromatic N) is 3. The molecule has 1 aromatic carbocycles. The van der Waals surface area contributed by atoms with Crippen molar-refractivity contribution in [3.8, 4) is 5.75 Å². The number of fused-ring (bicyclic) bond motifs is 3. The van der Waals surface area contributed by atoms with E-state index in [0.717, 1.165) is 0 Å². The predicted molar refractivity (Wildman–Crippen MR) is 169 cm³/mol. The van der Waals surface area contributed by atoms with Crippen molar-refractivity contribution in [2.75, 3.05) is 59.0 Å². The summed E-state index contributed by atoms with van der Waals surface area (Å²) in [7, 11) is 10.4. The molecule has 13 nitrogen and oxygen atoms in total. The molecule has 7 N–H and O–H groups in total. The standard InChI is InChI=1S/C29H39N5O8.2ClH/c1-32(2)9-7-8-18(35)31-16-12-17(33(3)4)14-10-13-11-15-22(34(5)6)25(38)21(28(30)41)27(40)29(15,42)26(39)19(13)24(37)20(14)23(16)36;;/h12-13,15,22,36,38-39,42H,7-11H2,1-6H3,(H2,30,41)(H,31,35);2*1H/t13?,15?,22-,29-;;/m0../s1. The lowest BCUT2D eigenvalue weighted by Gasteiger charge is -2.50. The predicted octanol–water partition coefficient (Wildman–Crippen LogP) is 1.31. The minimum Gasteiger partial charge on any atom is -0.510 e. The third-order valence-electron chi connectivity index (χ3n) is 8.46. The zero-order valence-electron chi connectivity index (χ0n) is 25.5. The Morgan fingerprint density at radius 1 is 1.07 bits per heavy atom. The number of hydrogen-bond donors (Lipinski definition) is 6. The van der Waals surface area contributed by atoms with Gasteiger partial charge in [-0.25, -0.2) is 0 Å². The van der Waals surface area contributed by atoms with Crippen LogP contribution in [0.4, 0.5) is 11.4 Å². The summed E-state index contributed by atoms with van der Waals surface area (Å²) >= 11 is 0. The van der Waals surface area contributed by atoms with Crippen molar-refractivity contribution in [3.63, 3.8) is 0 Å². The molecule has 0 aromatic heterocycles. The first-order valence-electron chi connectivity index (χ1n) is 13.7. The summed E-state index contributed by atoms with van der Waals surface area (Å²) in [6.45, 7) is 0.682. The van der Waals surface area contributed by atoms with Gasteiger partial charge >= 0.3 is 0 Å². The molecule has 0 fully saturated rings. The molecule has 0 saturated carbocycles. The van der Waals surface area contributed by atoms with Crippen LogP contribution < -0.4 is 16.0 Å². The minimum absolute atomic E-state index is 0. The van der Waals surface area contributed by atoms with E-state index in [0.29, 0.717) is 24.2 Å². The summed E-state index contributed by atoms with van der Waals surface area (Å²) in [4.78, 5) is 57.5. The van der Waals surface area contributed by atoms with Crippen LogP contribution in [0.5, 0.6) is 5.75 Å². The summed E-state index contributed by atoms with van der Waals surface area (Å²) in [6.07, 6.45) is 0.891. The monoisotopic (exact) mass is 657 g/mol. The van der Waals surface area contributed by atoms with Crippen molar-refractivity contribution in [1.82, 2.24) is 9.80 Å². The number of benzene rings is 1. The quantitative estimate of drug-likeness (QED) is 0.174. The second-order valence-electron chi connectivity index (χ2n) is 12.0. The van der Waals surface area contributed by atoms with E-state index < -0.39 is 63.8 Å². The second-order valence-corrected chi connectivity index (χ2v) is 12.0. The average molecular weight is 659 g/mol. The molecule has 0 heterocycles. The number of amides is 2. The molecule has 0 aliphatic heterocycles. The van der Waals surface area contributed by atoms with Crippen LogP contribution in [0.3, 0.4) is 0 Å². The van der Waals surface area contributed by atoms with Crippen molar-refractivity contribution in [2.45, 2.75) is 37.3 Å². The highest BCUT2D eigenvalue weighted by Gasteiger charge is 2.63. The van der Waals surface area contributed by atoms with Crippen LogP contribution in [0, 0.1) is 11.8 Å². The fraction of sp³-hybridized carbons (Fsp3) is 0.517. The van der Waals surface area contributed by atoms with Crippen LogP contribution in [0.1, 0.15) is 35.2 Å². The highest BCUT2D eigenvalue weighted by molar-refractivity contribution is 6.25. The molecule has 3 aliphatic rings. The Morgan fingerprint density at radius 2 is 1.68 bits per heavy atom. The van der Waals surface area contributed by atoms with Gasteiger partial charge in [-0.1, -0.05) is 0 Å². The van der Waals surface area contributed by atoms with Gasteiger partial charge in [-0.15, -0.1) is 24.8 Å². The number of hydrogen-bond acceptors (Lipinski definition) is 11. The van der Waals surface area contributed by atoms with E-state index in [9.17, 15) is 39.6 Å². The fourth-order valence-electron chi connectivity index (χ4n) is 6.56. The number of nitrogens with two attached hydrogens (primary N) is 1. The number of aliphatic hydroxyl groups excluding tert-OH is 2. The molecular weight excluding hydrogens is 617 g/mol. The molecule has 15 heteroatoms. The number of phenols is 1. The molecule has 4 rings (SSSR count). The number of aliphatic hydroxyl groups is 3. The topological polar surface area (TPSA) is 197 Å². The number of phenolic OH excluding ortho intramolecular Hbond substituents is 1. The highest BCUT2D eigenvalue weighted by atomic mass is 35.5. The Morgan fingerprint density at radius 3 is 2.20 bits per heavy atom. The van der Waals surface area contributed by atoms with Crippen LogP contribution >= 0.6 is 24.8 Å². The van der Waals surface area contributed by atoms with Gasteiger partial charge in [0.05, 0.1) is 17.3 Å². The Balaban J connectivity index is 0.00000337. The van der Waals surface area contributed by atoms with Crippen LogP contribution in [0.25, 0.3) is 0 Å². The lowest BCUT2D eigenvalue weighted by atomic mass is 9.58. The van der Waals surface area contributed by atoms with Crippen molar-refractivity contribution in [3.05, 3.63) is 39.9 Å². The first kappa shape index (κ1) is 36.8. The number of anilines is 2. The zero-order chi connectivity index (χ0) is 31.4. The molecule has 0 radical (unpaired) electrons. The molecule has 2 amide bonds. The van der Waals surface area contributed by atoms with E-state index in [1.807, 2.05) is 19.0 Å². The van der Waals surface area contributed by atoms with Crippen LogP contribution in [0.15, 0.2) is 28.7 Å². The van der Waals surface area contributed by atoms with E-state index in [1.165, 1.54) is 4.90 Å². The van der Waals surface area contributed by atoms with Gasteiger partial charge < -0.3 is 41.3 Å². The molecular formula is C29H41Cl2N5O8. The van der Waals surface area contributed by atoms with E-state index in [1.54, 1.807) is 39.2 Å². The van der Waals surface area contributed by atoms with E-state index in [4.69, 9.17) is 5.73 Å². The summed E-state index contributed by atoms with van der Waals surface area (Å²) < 4.78 is 0. The summed E-state index contributed by atoms with van der Waals surface area (Å²) in [5, 5.41) is 48.1. The number of likely N-dealkylation sites (N-methyl/N-ethyl adjacent to an activating group) is 1. The number of primary amides is 1. The van der Waals surface area contributed by atoms with Crippen molar-refractivity contribution in [1.29, 1.82) is 0 Å². The number of carbonyl (C=O) groups is 4. The maximum Gasteiger partial charge on any atom is 0.255 e. The third kappa shape index (κ3) is 5.86. The number of carbonyl (C=O) groups excluding carboxylic acids is 4. The number of halogens is 2. The van der Waals surface area contributed by atoms with Gasteiger partial charge in [-0.3, -0.25) is 24.1 Å². The van der Waals surface area contributed by atoms with Crippen molar-refractivity contribution in [2.24, 2.45) is 17.6 Å². The number of nitrogens with one attached hydrogen (secondary N) is 1. The molecule has 0 bridgehead atoms. The number of ketones is 2. The van der Waals surface area contributed by atoms with Gasteiger partial charge in [0.2, 0.25) is 11.7 Å². The molecule has 0 spiro atoms. The first-order chi connectivity index (χ1) is 19.5. The third-order valence-corrected chi connectivity index (χ3v) is 8.46. The highest BCUT2D eigenvalue weighted by Crippen LogP contribution is 2.53. The number of aromatic hydroxyl groups is 1. The van der Waals surface area contributed by atoms with Gasteiger partial charge in [-0.05, 0) is 71.5 Å². The summed E-state index contributed by atoms with van der Waals surface area (Å²) in [5.41, 5.74) is 2.42. The summed E-state index contributed by atoms with van der Waals surface area (Å²) in [6, 6.07) is 0.515. The van der Waals surface area contributed by atoms with Crippen LogP contribution in [0.2, 0.25) is 0 Å². The van der Waals surface area contributed by atoms with E-state index in [2.05, 4.69) is 5.32 Å². The van der Waals surface area contributed by atoms with E-state index >= 15 is 0 Å². The van der Waals surface area contributed by atoms with E-state index in [-0.39, 0.29) is 66.8 Å². The Bertz CT molecular complexity index is 1440. The van der Waals surface area contributed by atoms with Crippen LogP contribution in [-0.2, 0) is 20.8 Å². The molecule has 0 saturated heterocycles. The second kappa shape index (κ2) is 13.3. The van der Waals surface area contributed by atoms with Gasteiger partial charge in [0.1, 0.15) is 17.1 Å². The lowest BCUT2D eigenvalue weighted by molar-refractivity contribution is -0.148. The van der Waals surface area contributed by atoms with Gasteiger partial charge in [0, 0.05) is 37.7 Å². The Kier molecular flexibility index (Phi) is 11.2. The normalized spacial score (nSPS) is 24.2. The van der Waals surface area contributed by atoms with Gasteiger partial charge in [0.15, 0.2) is 17.1 Å². The largest absolute Gasteiger partial charge is 0.510 e. The maximum absolute atomic E-state index is 14.1. The molecule has 1 aromatic rings. The number of allylic oxidation sites excluding steroid dienone is 1. The molecule has 44 heavy (non-hydrogen) atoms. The number of Topliss-reactive ketones (excluding diaryl/α,β-unsaturated/α-hetero) is 2. The van der Waals surface area contributed by atoms with Gasteiger partial charge in [-0.2, -0.15) is 0 Å². The smallest absolute Gasteiger partial charge is 0.255 e. The van der Waals surface area contributed by atoms with Gasteiger partial charge in [0.25, 0.3) is 5.91 Å². The molecule has 4 atom stereocenters. The maximum atomic E-state index is 14.1. The minimum atomic E-state index is -2.72. The molecule has 244 valence electrons. The average Bonchev–Trinajstić information content (AvgIpc) is 2.87. The van der Waals surface area contributed by atoms with Crippen molar-refractivity contribution < 1.29 is 39.6 Å². The first-order valence-corrected chi connectivity index (χ1v) is 13.7. The molecule has 2 unspecified atom stereocenters. The Hall–Kier alpha value is -3.36. The zero-order valence-corrected chi connectivity index (χ0v) is 27.1. The number of rotatable bonds is 8. The molecule has 3 aliphatic carbocycles. The summed E-state index contributed by atoms with van der Waals surface area (Å²) in [5.74, 6) is -7.61. The Labute approximate surface area is 268 Å². The fourth-order valence-corrected chi connectivity index (χ4v) is 6.56. The SMILES string of the molecule is CN(C)CCCC(=O)Nc1cc(N(C)C)c2c(c1O)C(=O)C1=C(O)[C@]3(O)C(=O)C(C(N)=O)=C(O)[C@@H](N(C)C)C3CC1C2.Cl.Cl. The lowest BCUT2D eigenvalue weighted by Crippen LogP contribution is -2.63. The van der Waals surface area contributed by atoms with Crippen molar-refractivity contribution >= 4 is 59.6 Å². The van der Waals surface area contributed by atoms with Crippen LogP contribution in [-0.4, -0.2) is 114 Å².